The van der Waals surface area contributed by atoms with Gasteiger partial charge in [0.25, 0.3) is 5.56 Å². The number of halogens is 1. The lowest BCUT2D eigenvalue weighted by Gasteiger charge is -2.32. The summed E-state index contributed by atoms with van der Waals surface area (Å²) in [5.74, 6) is 0.291. The van der Waals surface area contributed by atoms with E-state index in [1.807, 2.05) is 0 Å². The summed E-state index contributed by atoms with van der Waals surface area (Å²) in [6.45, 7) is 3.67. The van der Waals surface area contributed by atoms with Gasteiger partial charge >= 0.3 is 0 Å². The Hall–Kier alpha value is -2.55. The van der Waals surface area contributed by atoms with Crippen LogP contribution in [0.2, 0.25) is 0 Å². The molecule has 0 radical (unpaired) electrons. The number of fused-ring (bicyclic) bond motifs is 1. The van der Waals surface area contributed by atoms with Crippen molar-refractivity contribution in [2.75, 3.05) is 24.7 Å². The van der Waals surface area contributed by atoms with E-state index in [1.165, 1.54) is 34.3 Å². The number of aromatic nitrogens is 2. The summed E-state index contributed by atoms with van der Waals surface area (Å²) >= 11 is 0. The van der Waals surface area contributed by atoms with Crippen molar-refractivity contribution >= 4 is 26.7 Å². The largest absolute Gasteiger partial charge is 0.388 e. The second kappa shape index (κ2) is 8.91. The average molecular weight is 492 g/mol. The van der Waals surface area contributed by atoms with Crippen molar-refractivity contribution in [1.82, 2.24) is 13.9 Å². The second-order valence-corrected chi connectivity index (χ2v) is 11.6. The number of pyridine rings is 2. The molecule has 0 spiro atoms. The summed E-state index contributed by atoms with van der Waals surface area (Å²) < 4.78 is 40.7. The number of nitriles is 1. The zero-order valence-corrected chi connectivity index (χ0v) is 20.4. The second-order valence-electron chi connectivity index (χ2n) is 9.63. The Morgan fingerprint density at radius 2 is 2.03 bits per heavy atom. The van der Waals surface area contributed by atoms with Crippen LogP contribution in [0.4, 0.5) is 10.2 Å². The van der Waals surface area contributed by atoms with Gasteiger partial charge in [0.15, 0.2) is 0 Å². The van der Waals surface area contributed by atoms with Gasteiger partial charge in [0.2, 0.25) is 10.0 Å². The molecule has 1 unspecified atom stereocenters. The van der Waals surface area contributed by atoms with Crippen LogP contribution in [0.25, 0.3) is 10.9 Å². The van der Waals surface area contributed by atoms with E-state index in [2.05, 4.69) is 16.4 Å². The van der Waals surface area contributed by atoms with Crippen LogP contribution >= 0.6 is 0 Å². The number of nitrogens with zero attached hydrogens (tertiary/aromatic N) is 4. The number of rotatable bonds is 5. The van der Waals surface area contributed by atoms with Gasteiger partial charge in [0.1, 0.15) is 23.6 Å². The van der Waals surface area contributed by atoms with Gasteiger partial charge in [-0.25, -0.2) is 22.1 Å². The van der Waals surface area contributed by atoms with Gasteiger partial charge in [0.05, 0.1) is 29.0 Å². The van der Waals surface area contributed by atoms with E-state index >= 15 is 0 Å². The molecule has 1 aliphatic carbocycles. The molecular formula is C23H30FN5O4S. The van der Waals surface area contributed by atoms with Crippen molar-refractivity contribution in [2.24, 2.45) is 0 Å². The molecule has 1 saturated carbocycles. The molecule has 0 bridgehead atoms. The number of hydrogen-bond acceptors (Lipinski definition) is 7. The fraction of sp³-hybridized carbons (Fsp3) is 0.609. The van der Waals surface area contributed by atoms with Crippen molar-refractivity contribution in [3.05, 3.63) is 33.7 Å². The number of anilines is 1. The number of nitrogens with one attached hydrogen (secondary N) is 1. The van der Waals surface area contributed by atoms with Gasteiger partial charge in [-0.15, -0.1) is 0 Å². The molecule has 2 N–H and O–H groups in total. The first kappa shape index (κ1) is 24.6. The van der Waals surface area contributed by atoms with Crippen molar-refractivity contribution in [2.45, 2.75) is 69.8 Å². The molecular weight excluding hydrogens is 461 g/mol. The Morgan fingerprint density at radius 1 is 1.35 bits per heavy atom. The summed E-state index contributed by atoms with van der Waals surface area (Å²) in [6, 6.07) is 2.90. The topological polar surface area (TPSA) is 128 Å². The van der Waals surface area contributed by atoms with E-state index in [0.717, 1.165) is 0 Å². The van der Waals surface area contributed by atoms with Crippen LogP contribution in [0.5, 0.6) is 0 Å². The summed E-state index contributed by atoms with van der Waals surface area (Å²) in [4.78, 5) is 17.8. The van der Waals surface area contributed by atoms with Crippen molar-refractivity contribution < 1.29 is 17.9 Å². The van der Waals surface area contributed by atoms with Crippen molar-refractivity contribution in [1.29, 1.82) is 5.26 Å². The SMILES string of the molecule is CC(F)c1cc2cnc(NC3CCN(S(C)(=O)=O)CC3)c(C#N)c2n([C@@H]2CCC[C@@]2(C)O)c1=O. The molecule has 0 aromatic carbocycles. The molecule has 9 nitrogen and oxygen atoms in total. The minimum absolute atomic E-state index is 0.0326. The van der Waals surface area contributed by atoms with Gasteiger partial charge in [-0.1, -0.05) is 0 Å². The predicted molar refractivity (Wildman–Crippen MR) is 127 cm³/mol. The molecule has 3 heterocycles. The van der Waals surface area contributed by atoms with Gasteiger partial charge < -0.3 is 15.0 Å². The first-order chi connectivity index (χ1) is 15.9. The van der Waals surface area contributed by atoms with Crippen LogP contribution in [0, 0.1) is 11.3 Å². The summed E-state index contributed by atoms with van der Waals surface area (Å²) in [5.41, 5.74) is -1.27. The van der Waals surface area contributed by atoms with Gasteiger partial charge in [-0.05, 0) is 52.0 Å². The average Bonchev–Trinajstić information content (AvgIpc) is 3.11. The van der Waals surface area contributed by atoms with E-state index in [4.69, 9.17) is 0 Å². The molecule has 11 heteroatoms. The Balaban J connectivity index is 1.81. The Labute approximate surface area is 198 Å². The highest BCUT2D eigenvalue weighted by Crippen LogP contribution is 2.41. The number of piperidine rings is 1. The van der Waals surface area contributed by atoms with E-state index in [9.17, 15) is 28.0 Å². The normalized spacial score (nSPS) is 25.4. The molecule has 1 aliphatic heterocycles. The highest BCUT2D eigenvalue weighted by atomic mass is 32.2. The molecule has 4 rings (SSSR count). The Morgan fingerprint density at radius 3 is 2.56 bits per heavy atom. The summed E-state index contributed by atoms with van der Waals surface area (Å²) in [7, 11) is -3.26. The maximum atomic E-state index is 14.3. The van der Waals surface area contributed by atoms with Gasteiger partial charge in [-0.3, -0.25) is 4.79 Å². The minimum atomic E-state index is -3.26. The molecule has 184 valence electrons. The Kier molecular flexibility index (Phi) is 6.44. The third kappa shape index (κ3) is 4.42. The van der Waals surface area contributed by atoms with Crippen LogP contribution in [0.15, 0.2) is 17.1 Å². The Bertz CT molecular complexity index is 1310. The summed E-state index contributed by atoms with van der Waals surface area (Å²) in [6.07, 6.45) is 4.00. The van der Waals surface area contributed by atoms with Crippen molar-refractivity contribution in [3.63, 3.8) is 0 Å². The fourth-order valence-electron chi connectivity index (χ4n) is 5.21. The first-order valence-corrected chi connectivity index (χ1v) is 13.3. The molecule has 2 aliphatic rings. The van der Waals surface area contributed by atoms with Crippen LogP contribution < -0.4 is 10.9 Å². The number of sulfonamides is 1. The highest BCUT2D eigenvalue weighted by molar-refractivity contribution is 7.88. The minimum Gasteiger partial charge on any atom is -0.388 e. The van der Waals surface area contributed by atoms with E-state index < -0.39 is 33.4 Å². The predicted octanol–water partition coefficient (Wildman–Crippen LogP) is 2.61. The highest BCUT2D eigenvalue weighted by Gasteiger charge is 2.40. The molecule has 2 fully saturated rings. The lowest BCUT2D eigenvalue weighted by Crippen LogP contribution is -2.42. The van der Waals surface area contributed by atoms with Gasteiger partial charge in [-0.2, -0.15) is 5.26 Å². The third-order valence-electron chi connectivity index (χ3n) is 7.09. The molecule has 3 atom stereocenters. The molecule has 2 aromatic heterocycles. The standard InChI is InChI=1S/C23H30FN5O4S/c1-14(24)17-11-15-13-26-21(27-16-6-9-28(10-7-16)34(3,32)33)18(12-25)20(15)29(22(17)30)19-5-4-8-23(19,2)31/h11,13-14,16,19,31H,4-10H2,1-3H3,(H,26,27)/t14?,19-,23-/m1/s1. The zero-order valence-electron chi connectivity index (χ0n) is 19.6. The maximum absolute atomic E-state index is 14.3. The van der Waals surface area contributed by atoms with E-state index in [1.54, 1.807) is 6.92 Å². The molecule has 34 heavy (non-hydrogen) atoms. The van der Waals surface area contributed by atoms with Crippen LogP contribution in [-0.4, -0.2) is 58.4 Å². The number of aliphatic hydroxyl groups is 1. The van der Waals surface area contributed by atoms with Crippen molar-refractivity contribution in [3.8, 4) is 6.07 Å². The monoisotopic (exact) mass is 491 g/mol. The van der Waals surface area contributed by atoms with Crippen LogP contribution in [0.3, 0.4) is 0 Å². The van der Waals surface area contributed by atoms with Crippen LogP contribution in [0.1, 0.15) is 69.3 Å². The number of hydrogen-bond donors (Lipinski definition) is 2. The fourth-order valence-corrected chi connectivity index (χ4v) is 6.09. The molecule has 0 amide bonds. The maximum Gasteiger partial charge on any atom is 0.257 e. The van der Waals surface area contributed by atoms with Crippen LogP contribution in [-0.2, 0) is 10.0 Å². The molecule has 2 aromatic rings. The number of alkyl halides is 1. The lowest BCUT2D eigenvalue weighted by atomic mass is 9.98. The smallest absolute Gasteiger partial charge is 0.257 e. The molecule has 1 saturated heterocycles. The third-order valence-corrected chi connectivity index (χ3v) is 8.39. The van der Waals surface area contributed by atoms with Gasteiger partial charge in [0, 0.05) is 30.7 Å². The van der Waals surface area contributed by atoms with E-state index in [0.29, 0.717) is 61.9 Å². The summed E-state index contributed by atoms with van der Waals surface area (Å²) in [5, 5.41) is 24.8. The van der Waals surface area contributed by atoms with E-state index in [-0.39, 0.29) is 17.2 Å². The first-order valence-electron chi connectivity index (χ1n) is 11.5. The lowest BCUT2D eigenvalue weighted by molar-refractivity contribution is 0.0266. The zero-order chi connectivity index (χ0) is 24.8. The quantitative estimate of drug-likeness (QED) is 0.658.